The number of nitrogens with zero attached hydrogens (tertiary/aromatic N) is 1. The van der Waals surface area contributed by atoms with Crippen molar-refractivity contribution in [2.45, 2.75) is 36.3 Å². The van der Waals surface area contributed by atoms with Gasteiger partial charge in [-0.25, -0.2) is 0 Å². The molecule has 106 valence electrons. The molecule has 0 unspecified atom stereocenters. The van der Waals surface area contributed by atoms with Gasteiger partial charge in [0.25, 0.3) is 0 Å². The highest BCUT2D eigenvalue weighted by molar-refractivity contribution is 9.08. The molecule has 0 saturated carbocycles. The molecular weight excluding hydrogens is 376 g/mol. The number of hydrogen-bond donors (Lipinski definition) is 2. The molecule has 0 aliphatic heterocycles. The van der Waals surface area contributed by atoms with Gasteiger partial charge in [0, 0.05) is 29.3 Å². The minimum Gasteiger partial charge on any atom is -0.481 e. The quantitative estimate of drug-likeness (QED) is 0.492. The average molecular weight is 394 g/mol. The van der Waals surface area contributed by atoms with E-state index in [1.54, 1.807) is 0 Å². The predicted molar refractivity (Wildman–Crippen MR) is 84.1 cm³/mol. The monoisotopic (exact) mass is 392 g/mol. The number of aromatic nitrogens is 1. The van der Waals surface area contributed by atoms with E-state index in [4.69, 9.17) is 5.11 Å². The van der Waals surface area contributed by atoms with Crippen LogP contribution in [0.2, 0.25) is 0 Å². The van der Waals surface area contributed by atoms with Gasteiger partial charge in [-0.2, -0.15) is 0 Å². The number of carboxylic acid groups (broad SMARTS) is 1. The first-order valence-electron chi connectivity index (χ1n) is 6.23. The first kappa shape index (κ1) is 16.4. The Morgan fingerprint density at radius 3 is 2.32 bits per heavy atom. The lowest BCUT2D eigenvalue weighted by Gasteiger charge is -2.09. The minimum absolute atomic E-state index is 0.261. The van der Waals surface area contributed by atoms with Gasteiger partial charge in [-0.05, 0) is 25.0 Å². The molecule has 0 amide bonds. The van der Waals surface area contributed by atoms with Gasteiger partial charge in [-0.3, -0.25) is 9.78 Å². The van der Waals surface area contributed by atoms with E-state index in [-0.39, 0.29) is 6.42 Å². The maximum Gasteiger partial charge on any atom is 0.303 e. The molecule has 0 aliphatic rings. The fourth-order valence-electron chi connectivity index (χ4n) is 1.70. The van der Waals surface area contributed by atoms with Crippen LogP contribution < -0.4 is 5.32 Å². The van der Waals surface area contributed by atoms with Crippen LogP contribution in [0.15, 0.2) is 12.1 Å². The van der Waals surface area contributed by atoms with Crippen LogP contribution in [-0.4, -0.2) is 22.6 Å². The summed E-state index contributed by atoms with van der Waals surface area (Å²) in [7, 11) is 0. The molecule has 0 spiro atoms. The van der Waals surface area contributed by atoms with Gasteiger partial charge < -0.3 is 10.4 Å². The Morgan fingerprint density at radius 1 is 1.16 bits per heavy atom. The van der Waals surface area contributed by atoms with Crippen molar-refractivity contribution in [2.24, 2.45) is 0 Å². The van der Waals surface area contributed by atoms with Crippen molar-refractivity contribution in [2.75, 3.05) is 11.9 Å². The number of pyridine rings is 1. The van der Waals surface area contributed by atoms with E-state index in [9.17, 15) is 4.79 Å². The zero-order valence-corrected chi connectivity index (χ0v) is 13.8. The number of unbranched alkanes of at least 4 members (excludes halogenated alkanes) is 2. The summed E-state index contributed by atoms with van der Waals surface area (Å²) in [4.78, 5) is 14.8. The minimum atomic E-state index is -0.717. The zero-order valence-electron chi connectivity index (χ0n) is 10.7. The second kappa shape index (κ2) is 9.31. The molecule has 0 bridgehead atoms. The van der Waals surface area contributed by atoms with Crippen molar-refractivity contribution in [3.8, 4) is 0 Å². The predicted octanol–water partition coefficient (Wildman–Crippen LogP) is 3.93. The van der Waals surface area contributed by atoms with Gasteiger partial charge in [-0.15, -0.1) is 0 Å². The number of hydrogen-bond acceptors (Lipinski definition) is 3. The van der Waals surface area contributed by atoms with Crippen molar-refractivity contribution in [1.29, 1.82) is 0 Å². The standard InChI is InChI=1S/C13H18Br2N2O2/c14-8-11-6-10(7-12(9-15)17-11)16-5-3-1-2-4-13(18)19/h6-7H,1-5,8-9H2,(H,16,17)(H,18,19). The molecule has 2 N–H and O–H groups in total. The van der Waals surface area contributed by atoms with Crippen molar-refractivity contribution in [3.05, 3.63) is 23.5 Å². The topological polar surface area (TPSA) is 62.2 Å². The van der Waals surface area contributed by atoms with E-state index < -0.39 is 5.97 Å². The molecule has 0 radical (unpaired) electrons. The summed E-state index contributed by atoms with van der Waals surface area (Å²) < 4.78 is 0. The summed E-state index contributed by atoms with van der Waals surface area (Å²) in [6.07, 6.45) is 2.91. The summed E-state index contributed by atoms with van der Waals surface area (Å²) in [6, 6.07) is 4.05. The molecule has 6 heteroatoms. The molecule has 1 aromatic heterocycles. The van der Waals surface area contributed by atoms with Crippen LogP contribution in [0.5, 0.6) is 0 Å². The number of halogens is 2. The van der Waals surface area contributed by atoms with E-state index in [0.29, 0.717) is 0 Å². The fraction of sp³-hybridized carbons (Fsp3) is 0.538. The van der Waals surface area contributed by atoms with Crippen molar-refractivity contribution < 1.29 is 9.90 Å². The van der Waals surface area contributed by atoms with E-state index >= 15 is 0 Å². The maximum atomic E-state index is 10.4. The number of rotatable bonds is 9. The maximum absolute atomic E-state index is 10.4. The molecule has 0 aliphatic carbocycles. The summed E-state index contributed by atoms with van der Waals surface area (Å²) in [5.41, 5.74) is 3.08. The Bertz CT molecular complexity index is 391. The molecule has 4 nitrogen and oxygen atoms in total. The van der Waals surface area contributed by atoms with Crippen LogP contribution in [-0.2, 0) is 15.5 Å². The Hall–Kier alpha value is -0.620. The fourth-order valence-corrected chi connectivity index (χ4v) is 2.27. The number of carbonyl (C=O) groups is 1. The molecule has 0 aromatic carbocycles. The number of nitrogens with one attached hydrogen (secondary N) is 1. The third-order valence-corrected chi connectivity index (χ3v) is 3.75. The first-order valence-corrected chi connectivity index (χ1v) is 8.47. The van der Waals surface area contributed by atoms with E-state index in [1.165, 1.54) is 0 Å². The SMILES string of the molecule is O=C(O)CCCCCNc1cc(CBr)nc(CBr)c1. The highest BCUT2D eigenvalue weighted by Crippen LogP contribution is 2.16. The van der Waals surface area contributed by atoms with Crippen LogP contribution in [0, 0.1) is 0 Å². The first-order chi connectivity index (χ1) is 9.15. The van der Waals surface area contributed by atoms with Crippen LogP contribution in [0.3, 0.4) is 0 Å². The van der Waals surface area contributed by atoms with Crippen LogP contribution in [0.25, 0.3) is 0 Å². The van der Waals surface area contributed by atoms with Gasteiger partial charge >= 0.3 is 5.97 Å². The molecule has 1 aromatic rings. The van der Waals surface area contributed by atoms with Gasteiger partial charge in [0.1, 0.15) is 0 Å². The lowest BCUT2D eigenvalue weighted by molar-refractivity contribution is -0.137. The summed E-state index contributed by atoms with van der Waals surface area (Å²) in [5, 5.41) is 13.4. The summed E-state index contributed by atoms with van der Waals surface area (Å²) in [6.45, 7) is 0.854. The second-order valence-corrected chi connectivity index (χ2v) is 5.36. The molecule has 0 fully saturated rings. The Morgan fingerprint density at radius 2 is 1.79 bits per heavy atom. The van der Waals surface area contributed by atoms with E-state index in [1.807, 2.05) is 12.1 Å². The van der Waals surface area contributed by atoms with Gasteiger partial charge in [-0.1, -0.05) is 38.3 Å². The molecule has 0 saturated heterocycles. The third-order valence-electron chi connectivity index (χ3n) is 2.60. The Balaban J connectivity index is 2.34. The average Bonchev–Trinajstić information content (AvgIpc) is 2.41. The lowest BCUT2D eigenvalue weighted by Crippen LogP contribution is -2.04. The van der Waals surface area contributed by atoms with Crippen molar-refractivity contribution in [3.63, 3.8) is 0 Å². The van der Waals surface area contributed by atoms with Gasteiger partial charge in [0.2, 0.25) is 0 Å². The number of aliphatic carboxylic acids is 1. The molecule has 0 atom stereocenters. The zero-order chi connectivity index (χ0) is 14.1. The smallest absolute Gasteiger partial charge is 0.303 e. The van der Waals surface area contributed by atoms with E-state index in [0.717, 1.165) is 53.5 Å². The van der Waals surface area contributed by atoms with Crippen molar-refractivity contribution >= 4 is 43.5 Å². The molecule has 1 rings (SSSR count). The van der Waals surface area contributed by atoms with Crippen LogP contribution in [0.1, 0.15) is 37.1 Å². The second-order valence-electron chi connectivity index (χ2n) is 4.24. The Kier molecular flexibility index (Phi) is 8.05. The molecular formula is C13H18Br2N2O2. The van der Waals surface area contributed by atoms with Gasteiger partial charge in [0.15, 0.2) is 0 Å². The normalized spacial score (nSPS) is 10.4. The third kappa shape index (κ3) is 6.92. The van der Waals surface area contributed by atoms with E-state index in [2.05, 4.69) is 42.2 Å². The van der Waals surface area contributed by atoms with Gasteiger partial charge in [0.05, 0.1) is 11.4 Å². The number of carboxylic acids is 1. The highest BCUT2D eigenvalue weighted by Gasteiger charge is 2.01. The highest BCUT2D eigenvalue weighted by atomic mass is 79.9. The van der Waals surface area contributed by atoms with Crippen LogP contribution in [0.4, 0.5) is 5.69 Å². The number of alkyl halides is 2. The number of anilines is 1. The largest absolute Gasteiger partial charge is 0.481 e. The molecule has 19 heavy (non-hydrogen) atoms. The van der Waals surface area contributed by atoms with Crippen LogP contribution >= 0.6 is 31.9 Å². The lowest BCUT2D eigenvalue weighted by atomic mass is 10.2. The van der Waals surface area contributed by atoms with Crippen molar-refractivity contribution in [1.82, 2.24) is 4.98 Å². The molecule has 1 heterocycles. The Labute approximate surface area is 130 Å². The summed E-state index contributed by atoms with van der Waals surface area (Å²) in [5.74, 6) is -0.717. The summed E-state index contributed by atoms with van der Waals surface area (Å²) >= 11 is 6.82.